The van der Waals surface area contributed by atoms with Crippen molar-refractivity contribution in [3.8, 4) is 0 Å². The summed E-state index contributed by atoms with van der Waals surface area (Å²) in [7, 11) is 0. The maximum atomic E-state index is 10.8. The SMILES string of the molecule is NCC(CC(N)=O)C1CCCCC1. The van der Waals surface area contributed by atoms with Crippen LogP contribution in [0.4, 0.5) is 0 Å². The lowest BCUT2D eigenvalue weighted by Crippen LogP contribution is -2.29. The Morgan fingerprint density at radius 3 is 2.38 bits per heavy atom. The molecule has 1 unspecified atom stereocenters. The molecule has 0 aromatic heterocycles. The molecule has 1 rings (SSSR count). The highest BCUT2D eigenvalue weighted by Crippen LogP contribution is 2.30. The van der Waals surface area contributed by atoms with Crippen LogP contribution in [-0.2, 0) is 4.79 Å². The highest BCUT2D eigenvalue weighted by molar-refractivity contribution is 5.74. The number of nitrogens with two attached hydrogens (primary N) is 2. The van der Waals surface area contributed by atoms with Crippen LogP contribution in [0.3, 0.4) is 0 Å². The van der Waals surface area contributed by atoms with Crippen LogP contribution in [-0.4, -0.2) is 12.5 Å². The van der Waals surface area contributed by atoms with E-state index in [2.05, 4.69) is 0 Å². The van der Waals surface area contributed by atoms with Gasteiger partial charge >= 0.3 is 0 Å². The summed E-state index contributed by atoms with van der Waals surface area (Å²) in [6, 6.07) is 0. The third kappa shape index (κ3) is 3.35. The number of hydrogen-bond acceptors (Lipinski definition) is 2. The van der Waals surface area contributed by atoms with Gasteiger partial charge in [0, 0.05) is 6.42 Å². The average Bonchev–Trinajstić information content (AvgIpc) is 2.15. The molecule has 3 heteroatoms. The average molecular weight is 184 g/mol. The van der Waals surface area contributed by atoms with E-state index in [-0.39, 0.29) is 5.91 Å². The number of hydrogen-bond donors (Lipinski definition) is 2. The third-order valence-electron chi connectivity index (χ3n) is 3.08. The monoisotopic (exact) mass is 184 g/mol. The Balaban J connectivity index is 2.39. The summed E-state index contributed by atoms with van der Waals surface area (Å²) in [5.41, 5.74) is 10.8. The first kappa shape index (κ1) is 10.5. The number of rotatable bonds is 4. The molecule has 0 heterocycles. The van der Waals surface area contributed by atoms with Crippen molar-refractivity contribution in [3.05, 3.63) is 0 Å². The second kappa shape index (κ2) is 5.22. The highest BCUT2D eigenvalue weighted by atomic mass is 16.1. The van der Waals surface area contributed by atoms with Gasteiger partial charge in [0.05, 0.1) is 0 Å². The molecule has 4 N–H and O–H groups in total. The molecule has 1 saturated carbocycles. The van der Waals surface area contributed by atoms with Crippen molar-refractivity contribution in [1.82, 2.24) is 0 Å². The van der Waals surface area contributed by atoms with Gasteiger partial charge in [0.25, 0.3) is 0 Å². The molecule has 76 valence electrons. The first-order valence-corrected chi connectivity index (χ1v) is 5.22. The smallest absolute Gasteiger partial charge is 0.217 e. The molecular formula is C10H20N2O. The van der Waals surface area contributed by atoms with Crippen LogP contribution in [0.2, 0.25) is 0 Å². The lowest BCUT2D eigenvalue weighted by molar-refractivity contribution is -0.119. The molecule has 0 saturated heterocycles. The zero-order chi connectivity index (χ0) is 9.68. The predicted molar refractivity (Wildman–Crippen MR) is 52.9 cm³/mol. The molecule has 0 radical (unpaired) electrons. The summed E-state index contributed by atoms with van der Waals surface area (Å²) < 4.78 is 0. The zero-order valence-corrected chi connectivity index (χ0v) is 8.17. The van der Waals surface area contributed by atoms with Crippen LogP contribution in [0.1, 0.15) is 38.5 Å². The summed E-state index contributed by atoms with van der Waals surface area (Å²) >= 11 is 0. The van der Waals surface area contributed by atoms with Gasteiger partial charge in [-0.1, -0.05) is 32.1 Å². The maximum Gasteiger partial charge on any atom is 0.217 e. The van der Waals surface area contributed by atoms with Crippen molar-refractivity contribution < 1.29 is 4.79 Å². The molecule has 0 bridgehead atoms. The Morgan fingerprint density at radius 1 is 1.31 bits per heavy atom. The van der Waals surface area contributed by atoms with Crippen molar-refractivity contribution in [3.63, 3.8) is 0 Å². The van der Waals surface area contributed by atoms with Gasteiger partial charge < -0.3 is 11.5 Å². The second-order valence-electron chi connectivity index (χ2n) is 4.06. The largest absolute Gasteiger partial charge is 0.370 e. The summed E-state index contributed by atoms with van der Waals surface area (Å²) in [5.74, 6) is 0.769. The van der Waals surface area contributed by atoms with Gasteiger partial charge in [-0.25, -0.2) is 0 Å². The first-order valence-electron chi connectivity index (χ1n) is 5.22. The minimum absolute atomic E-state index is 0.207. The number of carbonyl (C=O) groups is 1. The van der Waals surface area contributed by atoms with Crippen molar-refractivity contribution in [2.24, 2.45) is 23.3 Å². The minimum atomic E-state index is -0.207. The molecule has 1 aliphatic carbocycles. The van der Waals surface area contributed by atoms with Crippen LogP contribution in [0.15, 0.2) is 0 Å². The summed E-state index contributed by atoms with van der Waals surface area (Å²) in [6.07, 6.45) is 6.86. The standard InChI is InChI=1S/C10H20N2O/c11-7-9(6-10(12)13)8-4-2-1-3-5-8/h8-9H,1-7,11H2,(H2,12,13). The van der Waals surface area contributed by atoms with E-state index in [4.69, 9.17) is 11.5 Å². The van der Waals surface area contributed by atoms with E-state index in [0.29, 0.717) is 24.8 Å². The third-order valence-corrected chi connectivity index (χ3v) is 3.08. The Morgan fingerprint density at radius 2 is 1.92 bits per heavy atom. The van der Waals surface area contributed by atoms with Gasteiger partial charge in [-0.15, -0.1) is 0 Å². The summed E-state index contributed by atoms with van der Waals surface area (Å²) in [5, 5.41) is 0. The normalized spacial score (nSPS) is 21.3. The van der Waals surface area contributed by atoms with Gasteiger partial charge in [-0.2, -0.15) is 0 Å². The molecule has 0 aromatic carbocycles. The van der Waals surface area contributed by atoms with Crippen LogP contribution >= 0.6 is 0 Å². The molecule has 0 spiro atoms. The van der Waals surface area contributed by atoms with Crippen molar-refractivity contribution in [1.29, 1.82) is 0 Å². The van der Waals surface area contributed by atoms with E-state index in [1.807, 2.05) is 0 Å². The van der Waals surface area contributed by atoms with E-state index >= 15 is 0 Å². The Labute approximate surface area is 79.9 Å². The minimum Gasteiger partial charge on any atom is -0.370 e. The molecular weight excluding hydrogens is 164 g/mol. The van der Waals surface area contributed by atoms with Gasteiger partial charge in [0.15, 0.2) is 0 Å². The van der Waals surface area contributed by atoms with Gasteiger partial charge in [0.1, 0.15) is 0 Å². The second-order valence-corrected chi connectivity index (χ2v) is 4.06. The van der Waals surface area contributed by atoms with E-state index in [9.17, 15) is 4.79 Å². The molecule has 1 amide bonds. The van der Waals surface area contributed by atoms with Crippen LogP contribution < -0.4 is 11.5 Å². The molecule has 3 nitrogen and oxygen atoms in total. The van der Waals surface area contributed by atoms with E-state index in [1.54, 1.807) is 0 Å². The quantitative estimate of drug-likeness (QED) is 0.684. The number of amides is 1. The predicted octanol–water partition coefficient (Wildman–Crippen LogP) is 1.02. The first-order chi connectivity index (χ1) is 6.24. The Hall–Kier alpha value is -0.570. The zero-order valence-electron chi connectivity index (χ0n) is 8.17. The molecule has 0 aliphatic heterocycles. The Kier molecular flexibility index (Phi) is 4.22. The summed E-state index contributed by atoms with van der Waals surface area (Å²) in [4.78, 5) is 10.8. The van der Waals surface area contributed by atoms with Gasteiger partial charge in [0.2, 0.25) is 5.91 Å². The maximum absolute atomic E-state index is 10.8. The molecule has 1 atom stereocenters. The van der Waals surface area contributed by atoms with Gasteiger partial charge in [-0.3, -0.25) is 4.79 Å². The van der Waals surface area contributed by atoms with Crippen LogP contribution in [0.5, 0.6) is 0 Å². The summed E-state index contributed by atoms with van der Waals surface area (Å²) in [6.45, 7) is 0.605. The van der Waals surface area contributed by atoms with E-state index in [0.717, 1.165) is 0 Å². The molecule has 1 fully saturated rings. The lowest BCUT2D eigenvalue weighted by Gasteiger charge is -2.28. The lowest BCUT2D eigenvalue weighted by atomic mass is 9.78. The highest BCUT2D eigenvalue weighted by Gasteiger charge is 2.23. The van der Waals surface area contributed by atoms with Crippen LogP contribution in [0, 0.1) is 11.8 Å². The fourth-order valence-corrected chi connectivity index (χ4v) is 2.31. The number of carbonyl (C=O) groups excluding carboxylic acids is 1. The fourth-order valence-electron chi connectivity index (χ4n) is 2.31. The molecule has 0 aromatic rings. The molecule has 1 aliphatic rings. The molecule has 13 heavy (non-hydrogen) atoms. The fraction of sp³-hybridized carbons (Fsp3) is 0.900. The van der Waals surface area contributed by atoms with Gasteiger partial charge in [-0.05, 0) is 18.4 Å². The van der Waals surface area contributed by atoms with Crippen LogP contribution in [0.25, 0.3) is 0 Å². The van der Waals surface area contributed by atoms with Crippen molar-refractivity contribution in [2.75, 3.05) is 6.54 Å². The number of primary amides is 1. The topological polar surface area (TPSA) is 69.1 Å². The van der Waals surface area contributed by atoms with E-state index in [1.165, 1.54) is 32.1 Å². The van der Waals surface area contributed by atoms with E-state index < -0.39 is 0 Å². The van der Waals surface area contributed by atoms with Crippen molar-refractivity contribution in [2.45, 2.75) is 38.5 Å². The Bertz CT molecular complexity index is 164. The van der Waals surface area contributed by atoms with Crippen molar-refractivity contribution >= 4 is 5.91 Å².